The van der Waals surface area contributed by atoms with E-state index in [1.165, 1.54) is 5.56 Å². The minimum atomic E-state index is -0.845. The van der Waals surface area contributed by atoms with Gasteiger partial charge in [-0.15, -0.1) is 0 Å². The van der Waals surface area contributed by atoms with Crippen molar-refractivity contribution in [2.24, 2.45) is 5.92 Å². The Bertz CT molecular complexity index is 522. The Hall–Kier alpha value is -1.46. The highest BCUT2D eigenvalue weighted by atomic mass is 16.3. The molecule has 0 bridgehead atoms. The van der Waals surface area contributed by atoms with Gasteiger partial charge in [-0.1, -0.05) is 6.07 Å². The zero-order valence-electron chi connectivity index (χ0n) is 13.2. The smallest absolute Gasteiger partial charge is 0.249 e. The van der Waals surface area contributed by atoms with Crippen molar-refractivity contribution in [3.05, 3.63) is 29.6 Å². The second kappa shape index (κ2) is 6.75. The summed E-state index contributed by atoms with van der Waals surface area (Å²) in [4.78, 5) is 18.6. The van der Waals surface area contributed by atoms with Gasteiger partial charge in [0.15, 0.2) is 0 Å². The van der Waals surface area contributed by atoms with E-state index in [9.17, 15) is 9.90 Å². The number of nitrogens with one attached hydrogen (secondary N) is 1. The lowest BCUT2D eigenvalue weighted by Crippen LogP contribution is -2.45. The standard InChI is InChI=1S/C17H25N3O2/c1-12-14(3-2-8-18-12)11-20-9-6-13(7-10-20)16(21)17(22)19-15-4-5-15/h2-3,8,13,15-16,21H,4-7,9-11H2,1H3,(H,19,22)/t16-/m1/s1. The maximum Gasteiger partial charge on any atom is 0.249 e. The van der Waals surface area contributed by atoms with E-state index in [-0.39, 0.29) is 11.8 Å². The summed E-state index contributed by atoms with van der Waals surface area (Å²) in [6.07, 6.45) is 4.84. The zero-order chi connectivity index (χ0) is 15.5. The first-order valence-corrected chi connectivity index (χ1v) is 8.25. The van der Waals surface area contributed by atoms with Crippen LogP contribution in [0.15, 0.2) is 18.3 Å². The summed E-state index contributed by atoms with van der Waals surface area (Å²) in [5.41, 5.74) is 2.33. The summed E-state index contributed by atoms with van der Waals surface area (Å²) in [6, 6.07) is 4.41. The number of amides is 1. The molecule has 1 aromatic heterocycles. The van der Waals surface area contributed by atoms with Gasteiger partial charge < -0.3 is 10.4 Å². The van der Waals surface area contributed by atoms with Crippen LogP contribution in [0.3, 0.4) is 0 Å². The lowest BCUT2D eigenvalue weighted by molar-refractivity contribution is -0.133. The fraction of sp³-hybridized carbons (Fsp3) is 0.647. The molecule has 2 heterocycles. The number of piperidine rings is 1. The summed E-state index contributed by atoms with van der Waals surface area (Å²) in [6.45, 7) is 4.78. The van der Waals surface area contributed by atoms with Crippen molar-refractivity contribution in [2.75, 3.05) is 13.1 Å². The van der Waals surface area contributed by atoms with Gasteiger partial charge in [-0.2, -0.15) is 0 Å². The number of aliphatic hydroxyl groups is 1. The Kier molecular flexibility index (Phi) is 4.74. The highest BCUT2D eigenvalue weighted by Crippen LogP contribution is 2.24. The molecule has 1 amide bonds. The van der Waals surface area contributed by atoms with Crippen LogP contribution in [0.25, 0.3) is 0 Å². The molecule has 2 N–H and O–H groups in total. The van der Waals surface area contributed by atoms with Gasteiger partial charge >= 0.3 is 0 Å². The van der Waals surface area contributed by atoms with Crippen LogP contribution in [0, 0.1) is 12.8 Å². The predicted octanol–water partition coefficient (Wildman–Crippen LogP) is 1.24. The summed E-state index contributed by atoms with van der Waals surface area (Å²) < 4.78 is 0. The van der Waals surface area contributed by atoms with Crippen molar-refractivity contribution < 1.29 is 9.90 Å². The van der Waals surface area contributed by atoms with Gasteiger partial charge in [-0.05, 0) is 63.2 Å². The predicted molar refractivity (Wildman–Crippen MR) is 84.1 cm³/mol. The highest BCUT2D eigenvalue weighted by Gasteiger charge is 2.32. The van der Waals surface area contributed by atoms with Crippen molar-refractivity contribution in [3.8, 4) is 0 Å². The number of carbonyl (C=O) groups excluding carboxylic acids is 1. The highest BCUT2D eigenvalue weighted by molar-refractivity contribution is 5.81. The first-order valence-electron chi connectivity index (χ1n) is 8.25. The molecule has 1 aliphatic heterocycles. The van der Waals surface area contributed by atoms with Crippen LogP contribution in [0.5, 0.6) is 0 Å². The van der Waals surface area contributed by atoms with Crippen molar-refractivity contribution in [1.82, 2.24) is 15.2 Å². The van der Waals surface area contributed by atoms with E-state index >= 15 is 0 Å². The van der Waals surface area contributed by atoms with E-state index in [0.717, 1.165) is 51.0 Å². The molecule has 1 saturated carbocycles. The second-order valence-electron chi connectivity index (χ2n) is 6.59. The van der Waals surface area contributed by atoms with Crippen LogP contribution in [0.2, 0.25) is 0 Å². The molecule has 2 aliphatic rings. The van der Waals surface area contributed by atoms with Gasteiger partial charge in [-0.25, -0.2) is 0 Å². The number of aryl methyl sites for hydroxylation is 1. The molecule has 22 heavy (non-hydrogen) atoms. The lowest BCUT2D eigenvalue weighted by Gasteiger charge is -2.33. The average molecular weight is 303 g/mol. The van der Waals surface area contributed by atoms with Crippen LogP contribution in [0.4, 0.5) is 0 Å². The number of aliphatic hydroxyl groups excluding tert-OH is 1. The second-order valence-corrected chi connectivity index (χ2v) is 6.59. The number of nitrogens with zero attached hydrogens (tertiary/aromatic N) is 2. The first-order chi connectivity index (χ1) is 10.6. The number of likely N-dealkylation sites (tertiary alicyclic amines) is 1. The zero-order valence-corrected chi connectivity index (χ0v) is 13.2. The van der Waals surface area contributed by atoms with E-state index in [4.69, 9.17) is 0 Å². The molecule has 1 aliphatic carbocycles. The monoisotopic (exact) mass is 303 g/mol. The maximum atomic E-state index is 11.9. The van der Waals surface area contributed by atoms with Crippen LogP contribution in [-0.2, 0) is 11.3 Å². The number of pyridine rings is 1. The van der Waals surface area contributed by atoms with E-state index in [1.54, 1.807) is 0 Å². The van der Waals surface area contributed by atoms with E-state index in [0.29, 0.717) is 6.04 Å². The van der Waals surface area contributed by atoms with Crippen molar-refractivity contribution in [3.63, 3.8) is 0 Å². The molecular weight excluding hydrogens is 278 g/mol. The molecule has 1 atom stereocenters. The molecule has 120 valence electrons. The molecule has 0 unspecified atom stereocenters. The maximum absolute atomic E-state index is 11.9. The van der Waals surface area contributed by atoms with Crippen LogP contribution < -0.4 is 5.32 Å². The molecule has 0 radical (unpaired) electrons. The molecule has 2 fully saturated rings. The summed E-state index contributed by atoms with van der Waals surface area (Å²) in [5.74, 6) is -0.0888. The van der Waals surface area contributed by atoms with Gasteiger partial charge in [-0.3, -0.25) is 14.7 Å². The molecule has 5 nitrogen and oxygen atoms in total. The SMILES string of the molecule is Cc1ncccc1CN1CCC([C@@H](O)C(=O)NC2CC2)CC1. The van der Waals surface area contributed by atoms with Crippen molar-refractivity contribution >= 4 is 5.91 Å². The average Bonchev–Trinajstić information content (AvgIpc) is 3.33. The quantitative estimate of drug-likeness (QED) is 0.859. The normalized spacial score (nSPS) is 21.5. The van der Waals surface area contributed by atoms with Crippen molar-refractivity contribution in [1.29, 1.82) is 0 Å². The fourth-order valence-electron chi connectivity index (χ4n) is 3.08. The Labute approximate surface area is 131 Å². The van der Waals surface area contributed by atoms with E-state index < -0.39 is 6.10 Å². The molecule has 3 rings (SSSR count). The molecule has 5 heteroatoms. The number of aromatic nitrogens is 1. The molecular formula is C17H25N3O2. The Morgan fingerprint density at radius 1 is 1.41 bits per heavy atom. The van der Waals surface area contributed by atoms with E-state index in [2.05, 4.69) is 21.3 Å². The number of hydrogen-bond acceptors (Lipinski definition) is 4. The van der Waals surface area contributed by atoms with Crippen molar-refractivity contribution in [2.45, 2.75) is 51.3 Å². The minimum Gasteiger partial charge on any atom is -0.383 e. The summed E-state index contributed by atoms with van der Waals surface area (Å²) in [5, 5.41) is 13.1. The number of hydrogen-bond donors (Lipinski definition) is 2. The molecule has 0 aromatic carbocycles. The lowest BCUT2D eigenvalue weighted by atomic mass is 9.90. The third-order valence-corrected chi connectivity index (χ3v) is 4.78. The third-order valence-electron chi connectivity index (χ3n) is 4.78. The third kappa shape index (κ3) is 3.84. The molecule has 1 saturated heterocycles. The number of rotatable bonds is 5. The van der Waals surface area contributed by atoms with Gasteiger partial charge in [0.05, 0.1) is 0 Å². The Balaban J connectivity index is 1.47. The fourth-order valence-corrected chi connectivity index (χ4v) is 3.08. The minimum absolute atomic E-state index is 0.0880. The molecule has 0 spiro atoms. The number of carbonyl (C=O) groups is 1. The largest absolute Gasteiger partial charge is 0.383 e. The Morgan fingerprint density at radius 2 is 2.14 bits per heavy atom. The van der Waals surface area contributed by atoms with Gasteiger partial charge in [0.25, 0.3) is 0 Å². The van der Waals surface area contributed by atoms with Gasteiger partial charge in [0.1, 0.15) is 6.10 Å². The molecule has 1 aromatic rings. The summed E-state index contributed by atoms with van der Waals surface area (Å²) >= 11 is 0. The van der Waals surface area contributed by atoms with E-state index in [1.807, 2.05) is 19.2 Å². The Morgan fingerprint density at radius 3 is 2.77 bits per heavy atom. The first kappa shape index (κ1) is 15.4. The van der Waals surface area contributed by atoms with Gasteiger partial charge in [0.2, 0.25) is 5.91 Å². The van der Waals surface area contributed by atoms with Crippen LogP contribution >= 0.6 is 0 Å². The van der Waals surface area contributed by atoms with Crippen LogP contribution in [-0.4, -0.2) is 46.1 Å². The summed E-state index contributed by atoms with van der Waals surface area (Å²) in [7, 11) is 0. The van der Waals surface area contributed by atoms with Gasteiger partial charge in [0, 0.05) is 24.5 Å². The topological polar surface area (TPSA) is 65.5 Å². The van der Waals surface area contributed by atoms with Crippen LogP contribution in [0.1, 0.15) is 36.9 Å².